The number of amides is 1. The van der Waals surface area contributed by atoms with Crippen molar-refractivity contribution in [3.05, 3.63) is 11.9 Å². The summed E-state index contributed by atoms with van der Waals surface area (Å²) < 4.78 is 24.3. The monoisotopic (exact) mass is 316 g/mol. The first kappa shape index (κ1) is 15.9. The van der Waals surface area contributed by atoms with Gasteiger partial charge in [-0.1, -0.05) is 5.21 Å². The summed E-state index contributed by atoms with van der Waals surface area (Å²) in [6.45, 7) is 0.129. The van der Waals surface area contributed by atoms with Gasteiger partial charge in [-0.15, -0.1) is 5.10 Å². The number of aliphatic hydroxyl groups excluding tert-OH is 1. The summed E-state index contributed by atoms with van der Waals surface area (Å²) in [5.41, 5.74) is 0.725. The summed E-state index contributed by atoms with van der Waals surface area (Å²) in [5.74, 6) is -0.00569. The Morgan fingerprint density at radius 1 is 1.57 bits per heavy atom. The molecule has 1 aliphatic rings. The molecule has 0 spiro atoms. The van der Waals surface area contributed by atoms with Crippen molar-refractivity contribution >= 4 is 15.7 Å². The Morgan fingerprint density at radius 3 is 2.95 bits per heavy atom. The number of aromatic nitrogens is 3. The minimum Gasteiger partial charge on any atom is -0.396 e. The molecule has 21 heavy (non-hydrogen) atoms. The number of likely N-dealkylation sites (N-methyl/N-ethyl adjacent to an activating group) is 1. The van der Waals surface area contributed by atoms with Crippen molar-refractivity contribution in [3.63, 3.8) is 0 Å². The summed E-state index contributed by atoms with van der Waals surface area (Å²) >= 11 is 0. The van der Waals surface area contributed by atoms with E-state index in [1.807, 2.05) is 0 Å². The third kappa shape index (κ3) is 4.24. The number of aryl methyl sites for hydroxylation is 1. The van der Waals surface area contributed by atoms with Gasteiger partial charge in [0.15, 0.2) is 9.84 Å². The maximum Gasteiger partial charge on any atom is 0.244 e. The molecular weight excluding hydrogens is 296 g/mol. The van der Waals surface area contributed by atoms with Crippen LogP contribution in [0, 0.1) is 0 Å². The molecule has 1 unspecified atom stereocenters. The molecule has 8 nitrogen and oxygen atoms in total. The quantitative estimate of drug-likeness (QED) is 0.710. The number of aliphatic hydroxyl groups is 1. The van der Waals surface area contributed by atoms with E-state index in [9.17, 15) is 13.2 Å². The van der Waals surface area contributed by atoms with Gasteiger partial charge in [-0.3, -0.25) is 4.79 Å². The first-order valence-electron chi connectivity index (χ1n) is 6.87. The summed E-state index contributed by atoms with van der Waals surface area (Å²) in [4.78, 5) is 13.6. The second kappa shape index (κ2) is 6.52. The maximum absolute atomic E-state index is 12.1. The molecule has 0 saturated carbocycles. The van der Waals surface area contributed by atoms with Gasteiger partial charge in [0.2, 0.25) is 5.91 Å². The zero-order chi connectivity index (χ0) is 15.5. The molecule has 2 rings (SSSR count). The van der Waals surface area contributed by atoms with Gasteiger partial charge in [0, 0.05) is 25.9 Å². The van der Waals surface area contributed by atoms with E-state index in [1.165, 1.54) is 9.58 Å². The normalized spacial score (nSPS) is 20.6. The molecule has 1 aliphatic heterocycles. The SMILES string of the molecule is CN(C(=O)Cn1cc(CCCO)nn1)C1CCS(=O)(=O)C1. The van der Waals surface area contributed by atoms with Crippen LogP contribution in [-0.4, -0.2) is 70.5 Å². The third-order valence-electron chi connectivity index (χ3n) is 3.62. The highest BCUT2D eigenvalue weighted by Crippen LogP contribution is 2.16. The van der Waals surface area contributed by atoms with Crippen molar-refractivity contribution in [1.82, 2.24) is 19.9 Å². The van der Waals surface area contributed by atoms with Gasteiger partial charge >= 0.3 is 0 Å². The number of rotatable bonds is 6. The van der Waals surface area contributed by atoms with Gasteiger partial charge in [0.05, 0.1) is 17.2 Å². The molecule has 1 aromatic rings. The van der Waals surface area contributed by atoms with Crippen molar-refractivity contribution in [1.29, 1.82) is 0 Å². The van der Waals surface area contributed by atoms with E-state index < -0.39 is 9.84 Å². The van der Waals surface area contributed by atoms with Crippen molar-refractivity contribution in [2.75, 3.05) is 25.2 Å². The third-order valence-corrected chi connectivity index (χ3v) is 5.37. The first-order valence-corrected chi connectivity index (χ1v) is 8.69. The second-order valence-corrected chi connectivity index (χ2v) is 7.52. The predicted octanol–water partition coefficient (Wildman–Crippen LogP) is -1.15. The number of hydrogen-bond donors (Lipinski definition) is 1. The molecule has 9 heteroatoms. The lowest BCUT2D eigenvalue weighted by Crippen LogP contribution is -2.39. The molecule has 2 heterocycles. The highest BCUT2D eigenvalue weighted by Gasteiger charge is 2.32. The minimum atomic E-state index is -3.01. The van der Waals surface area contributed by atoms with Crippen LogP contribution < -0.4 is 0 Å². The first-order chi connectivity index (χ1) is 9.91. The van der Waals surface area contributed by atoms with Crippen molar-refractivity contribution in [2.24, 2.45) is 0 Å². The Kier molecular flexibility index (Phi) is 4.94. The molecule has 0 radical (unpaired) electrons. The van der Waals surface area contributed by atoms with Crippen LogP contribution in [0.5, 0.6) is 0 Å². The molecule has 0 bridgehead atoms. The Hall–Kier alpha value is -1.48. The summed E-state index contributed by atoms with van der Waals surface area (Å²) in [5, 5.41) is 16.5. The largest absolute Gasteiger partial charge is 0.396 e. The van der Waals surface area contributed by atoms with E-state index in [0.717, 1.165) is 5.69 Å². The fraction of sp³-hybridized carbons (Fsp3) is 0.750. The highest BCUT2D eigenvalue weighted by atomic mass is 32.2. The molecule has 0 aromatic carbocycles. The fourth-order valence-corrected chi connectivity index (χ4v) is 4.10. The van der Waals surface area contributed by atoms with Crippen molar-refractivity contribution in [3.8, 4) is 0 Å². The Morgan fingerprint density at radius 2 is 2.33 bits per heavy atom. The van der Waals surface area contributed by atoms with E-state index in [2.05, 4.69) is 10.3 Å². The number of nitrogens with zero attached hydrogens (tertiary/aromatic N) is 4. The molecule has 1 amide bonds. The fourth-order valence-electron chi connectivity index (χ4n) is 2.33. The molecule has 1 atom stereocenters. The molecular formula is C12H20N4O4S. The van der Waals surface area contributed by atoms with E-state index >= 15 is 0 Å². The van der Waals surface area contributed by atoms with Crippen LogP contribution in [0.25, 0.3) is 0 Å². The maximum atomic E-state index is 12.1. The van der Waals surface area contributed by atoms with Crippen LogP contribution in [0.15, 0.2) is 6.20 Å². The topological polar surface area (TPSA) is 105 Å². The van der Waals surface area contributed by atoms with Gasteiger partial charge < -0.3 is 10.0 Å². The molecule has 1 fully saturated rings. The Balaban J connectivity index is 1.90. The smallest absolute Gasteiger partial charge is 0.244 e. The van der Waals surface area contributed by atoms with Gasteiger partial charge in [-0.25, -0.2) is 13.1 Å². The second-order valence-electron chi connectivity index (χ2n) is 5.30. The van der Waals surface area contributed by atoms with E-state index in [0.29, 0.717) is 19.3 Å². The lowest BCUT2D eigenvalue weighted by Gasteiger charge is -2.23. The highest BCUT2D eigenvalue weighted by molar-refractivity contribution is 7.91. The summed E-state index contributed by atoms with van der Waals surface area (Å²) in [6, 6.07) is -0.250. The Bertz CT molecular complexity index is 598. The predicted molar refractivity (Wildman–Crippen MR) is 75.3 cm³/mol. The lowest BCUT2D eigenvalue weighted by atomic mass is 10.2. The number of hydrogen-bond acceptors (Lipinski definition) is 6. The zero-order valence-corrected chi connectivity index (χ0v) is 12.8. The van der Waals surface area contributed by atoms with Crippen molar-refractivity contribution < 1.29 is 18.3 Å². The van der Waals surface area contributed by atoms with Crippen LogP contribution >= 0.6 is 0 Å². The van der Waals surface area contributed by atoms with Crippen LogP contribution in [-0.2, 0) is 27.6 Å². The molecule has 1 aromatic heterocycles. The molecule has 0 aliphatic carbocycles. The zero-order valence-electron chi connectivity index (χ0n) is 12.0. The van der Waals surface area contributed by atoms with Crippen LogP contribution in [0.1, 0.15) is 18.5 Å². The van der Waals surface area contributed by atoms with Gasteiger partial charge in [0.25, 0.3) is 0 Å². The van der Waals surface area contributed by atoms with E-state index in [4.69, 9.17) is 5.11 Å². The van der Waals surface area contributed by atoms with Crippen LogP contribution in [0.2, 0.25) is 0 Å². The van der Waals surface area contributed by atoms with Crippen LogP contribution in [0.3, 0.4) is 0 Å². The summed E-state index contributed by atoms with van der Waals surface area (Å²) in [6.07, 6.45) is 3.38. The summed E-state index contributed by atoms with van der Waals surface area (Å²) in [7, 11) is -1.38. The standard InChI is InChI=1S/C12H20N4O4S/c1-15(11-4-6-21(19,20)9-11)12(18)8-16-7-10(13-14-16)3-2-5-17/h7,11,17H,2-6,8-9H2,1H3. The van der Waals surface area contributed by atoms with E-state index in [1.54, 1.807) is 13.2 Å². The average Bonchev–Trinajstić information content (AvgIpc) is 3.02. The number of carbonyl (C=O) groups is 1. The van der Waals surface area contributed by atoms with Gasteiger partial charge in [0.1, 0.15) is 6.54 Å². The molecule has 1 saturated heterocycles. The average molecular weight is 316 g/mol. The lowest BCUT2D eigenvalue weighted by molar-refractivity contribution is -0.132. The molecule has 118 valence electrons. The van der Waals surface area contributed by atoms with Crippen LogP contribution in [0.4, 0.5) is 0 Å². The minimum absolute atomic E-state index is 0.0361. The Labute approximate surface area is 123 Å². The van der Waals surface area contributed by atoms with Gasteiger partial charge in [-0.05, 0) is 19.3 Å². The molecule has 1 N–H and O–H groups in total. The number of sulfone groups is 1. The van der Waals surface area contributed by atoms with E-state index in [-0.39, 0.29) is 36.6 Å². The van der Waals surface area contributed by atoms with Crippen molar-refractivity contribution in [2.45, 2.75) is 31.8 Å². The number of carbonyl (C=O) groups excluding carboxylic acids is 1. The van der Waals surface area contributed by atoms with Gasteiger partial charge in [-0.2, -0.15) is 0 Å².